The second kappa shape index (κ2) is 5.05. The Bertz CT molecular complexity index is 1230. The van der Waals surface area contributed by atoms with E-state index < -0.39 is 0 Å². The third kappa shape index (κ3) is 1.99. The number of aromatic nitrogens is 2. The van der Waals surface area contributed by atoms with Gasteiger partial charge in [0.2, 0.25) is 0 Å². The van der Waals surface area contributed by atoms with Gasteiger partial charge >= 0.3 is 0 Å². The van der Waals surface area contributed by atoms with Gasteiger partial charge in [0.1, 0.15) is 16.9 Å². The van der Waals surface area contributed by atoms with Crippen molar-refractivity contribution in [2.24, 2.45) is 0 Å². The van der Waals surface area contributed by atoms with Crippen LogP contribution in [0, 0.1) is 0 Å². The van der Waals surface area contributed by atoms with Gasteiger partial charge in [0.25, 0.3) is 0 Å². The van der Waals surface area contributed by atoms with Gasteiger partial charge in [-0.1, -0.05) is 48.0 Å². The first kappa shape index (κ1) is 13.5. The fraction of sp³-hybridized carbons (Fsp3) is 0. The highest BCUT2D eigenvalue weighted by Crippen LogP contribution is 2.33. The van der Waals surface area contributed by atoms with Crippen molar-refractivity contribution in [1.29, 1.82) is 0 Å². The molecule has 4 heteroatoms. The normalized spacial score (nSPS) is 11.5. The number of nitrogens with zero attached hydrogens (tertiary/aromatic N) is 2. The summed E-state index contributed by atoms with van der Waals surface area (Å²) in [6.45, 7) is 0. The lowest BCUT2D eigenvalue weighted by Gasteiger charge is -2.05. The summed E-state index contributed by atoms with van der Waals surface area (Å²) in [6, 6.07) is 21.7. The highest BCUT2D eigenvalue weighted by atomic mass is 35.5. The second-order valence-electron chi connectivity index (χ2n) is 5.66. The molecule has 0 saturated heterocycles. The quantitative estimate of drug-likeness (QED) is 0.387. The van der Waals surface area contributed by atoms with Crippen LogP contribution in [0.4, 0.5) is 0 Å². The summed E-state index contributed by atoms with van der Waals surface area (Å²) in [7, 11) is 0. The number of benzene rings is 3. The minimum atomic E-state index is 0.393. The molecule has 0 radical (unpaired) electrons. The van der Waals surface area contributed by atoms with Crippen LogP contribution in [0.1, 0.15) is 0 Å². The molecule has 0 aliphatic rings. The molecule has 0 aliphatic heterocycles. The average Bonchev–Trinajstić information content (AvgIpc) is 2.99. The maximum absolute atomic E-state index is 6.36. The van der Waals surface area contributed by atoms with Crippen LogP contribution in [0.15, 0.2) is 71.1 Å². The molecule has 24 heavy (non-hydrogen) atoms. The van der Waals surface area contributed by atoms with E-state index >= 15 is 0 Å². The van der Waals surface area contributed by atoms with Crippen molar-refractivity contribution in [3.8, 4) is 11.3 Å². The van der Waals surface area contributed by atoms with Gasteiger partial charge in [0.15, 0.2) is 5.15 Å². The minimum absolute atomic E-state index is 0.393. The molecule has 0 spiro atoms. The number of para-hydroxylation sites is 3. The van der Waals surface area contributed by atoms with Crippen molar-refractivity contribution in [3.05, 3.63) is 71.9 Å². The summed E-state index contributed by atoms with van der Waals surface area (Å²) in [5.41, 5.74) is 4.86. The molecule has 2 aromatic heterocycles. The molecule has 0 bridgehead atoms. The Morgan fingerprint density at radius 1 is 0.708 bits per heavy atom. The Morgan fingerprint density at radius 2 is 1.42 bits per heavy atom. The van der Waals surface area contributed by atoms with E-state index in [0.29, 0.717) is 10.8 Å². The highest BCUT2D eigenvalue weighted by Gasteiger charge is 2.12. The van der Waals surface area contributed by atoms with E-state index in [9.17, 15) is 0 Å². The van der Waals surface area contributed by atoms with Crippen molar-refractivity contribution >= 4 is 44.6 Å². The van der Waals surface area contributed by atoms with Gasteiger partial charge in [-0.3, -0.25) is 0 Å². The van der Waals surface area contributed by atoms with Crippen molar-refractivity contribution < 1.29 is 4.42 Å². The molecule has 0 aliphatic carbocycles. The molecule has 3 aromatic carbocycles. The summed E-state index contributed by atoms with van der Waals surface area (Å²) in [4.78, 5) is 9.12. The number of furan rings is 1. The Balaban J connectivity index is 1.76. The summed E-state index contributed by atoms with van der Waals surface area (Å²) in [5, 5.41) is 2.58. The minimum Gasteiger partial charge on any atom is -0.456 e. The summed E-state index contributed by atoms with van der Waals surface area (Å²) < 4.78 is 5.95. The van der Waals surface area contributed by atoms with Gasteiger partial charge < -0.3 is 4.42 Å². The molecule has 2 heterocycles. The van der Waals surface area contributed by atoms with E-state index in [1.54, 1.807) is 0 Å². The van der Waals surface area contributed by atoms with E-state index in [1.165, 1.54) is 0 Å². The SMILES string of the molecule is Clc1nc2ccccc2nc1-c1ccc2c(c1)oc1ccccc12. The highest BCUT2D eigenvalue weighted by molar-refractivity contribution is 6.32. The first-order valence-electron chi connectivity index (χ1n) is 7.63. The van der Waals surface area contributed by atoms with Crippen LogP contribution in [0.25, 0.3) is 44.2 Å². The van der Waals surface area contributed by atoms with Crippen molar-refractivity contribution in [3.63, 3.8) is 0 Å². The zero-order valence-electron chi connectivity index (χ0n) is 12.5. The van der Waals surface area contributed by atoms with Gasteiger partial charge in [-0.05, 0) is 30.3 Å². The lowest BCUT2D eigenvalue weighted by atomic mass is 10.1. The molecule has 0 saturated carbocycles. The molecular weight excluding hydrogens is 320 g/mol. The average molecular weight is 331 g/mol. The van der Waals surface area contributed by atoms with Crippen LogP contribution in [0.5, 0.6) is 0 Å². The van der Waals surface area contributed by atoms with E-state index in [1.807, 2.05) is 60.7 Å². The van der Waals surface area contributed by atoms with Gasteiger partial charge in [-0.15, -0.1) is 0 Å². The largest absolute Gasteiger partial charge is 0.456 e. The molecule has 0 amide bonds. The van der Waals surface area contributed by atoms with Crippen LogP contribution in [0.2, 0.25) is 5.15 Å². The molecule has 114 valence electrons. The van der Waals surface area contributed by atoms with Crippen LogP contribution in [0.3, 0.4) is 0 Å². The van der Waals surface area contributed by atoms with Crippen molar-refractivity contribution in [1.82, 2.24) is 9.97 Å². The number of hydrogen-bond acceptors (Lipinski definition) is 3. The van der Waals surface area contributed by atoms with Crippen molar-refractivity contribution in [2.75, 3.05) is 0 Å². The number of hydrogen-bond donors (Lipinski definition) is 0. The molecule has 5 aromatic rings. The summed E-state index contributed by atoms with van der Waals surface area (Å²) in [5.74, 6) is 0. The Kier molecular flexibility index (Phi) is 2.84. The van der Waals surface area contributed by atoms with E-state index in [4.69, 9.17) is 16.0 Å². The smallest absolute Gasteiger partial charge is 0.156 e. The van der Waals surface area contributed by atoms with Gasteiger partial charge in [0, 0.05) is 16.3 Å². The molecular formula is C20H11ClN2O. The maximum Gasteiger partial charge on any atom is 0.156 e. The second-order valence-corrected chi connectivity index (χ2v) is 6.02. The van der Waals surface area contributed by atoms with E-state index in [-0.39, 0.29) is 0 Å². The van der Waals surface area contributed by atoms with Crippen molar-refractivity contribution in [2.45, 2.75) is 0 Å². The topological polar surface area (TPSA) is 38.9 Å². The first-order chi connectivity index (χ1) is 11.8. The molecule has 0 unspecified atom stereocenters. The van der Waals surface area contributed by atoms with Crippen LogP contribution in [-0.2, 0) is 0 Å². The molecule has 0 atom stereocenters. The summed E-state index contributed by atoms with van der Waals surface area (Å²) >= 11 is 6.36. The Hall–Kier alpha value is -2.91. The molecule has 5 rings (SSSR count). The lowest BCUT2D eigenvalue weighted by molar-refractivity contribution is 0.669. The molecule has 0 fully saturated rings. The Morgan fingerprint density at radius 3 is 2.29 bits per heavy atom. The standard InChI is InChI=1S/C20H11ClN2O/c21-20-19(22-15-6-2-3-7-16(15)23-20)12-9-10-14-13-5-1-4-8-17(13)24-18(14)11-12/h1-11H. The zero-order chi connectivity index (χ0) is 16.1. The fourth-order valence-electron chi connectivity index (χ4n) is 3.04. The number of rotatable bonds is 1. The number of halogens is 1. The first-order valence-corrected chi connectivity index (χ1v) is 8.01. The predicted molar refractivity (Wildman–Crippen MR) is 97.3 cm³/mol. The van der Waals surface area contributed by atoms with Gasteiger partial charge in [-0.25, -0.2) is 9.97 Å². The maximum atomic E-state index is 6.36. The summed E-state index contributed by atoms with van der Waals surface area (Å²) in [6.07, 6.45) is 0. The third-order valence-corrected chi connectivity index (χ3v) is 4.44. The predicted octanol–water partition coefficient (Wildman–Crippen LogP) is 5.85. The number of fused-ring (bicyclic) bond motifs is 4. The fourth-order valence-corrected chi connectivity index (χ4v) is 3.28. The molecule has 0 N–H and O–H groups in total. The third-order valence-electron chi connectivity index (χ3n) is 4.18. The van der Waals surface area contributed by atoms with Gasteiger partial charge in [-0.2, -0.15) is 0 Å². The Labute approximate surface area is 142 Å². The zero-order valence-corrected chi connectivity index (χ0v) is 13.3. The van der Waals surface area contributed by atoms with Crippen LogP contribution >= 0.6 is 11.6 Å². The van der Waals surface area contributed by atoms with E-state index in [2.05, 4.69) is 16.0 Å². The monoisotopic (exact) mass is 330 g/mol. The van der Waals surface area contributed by atoms with Crippen LogP contribution in [-0.4, -0.2) is 9.97 Å². The molecule has 3 nitrogen and oxygen atoms in total. The van der Waals surface area contributed by atoms with E-state index in [0.717, 1.165) is 38.5 Å². The van der Waals surface area contributed by atoms with Gasteiger partial charge in [0.05, 0.1) is 11.0 Å². The lowest BCUT2D eigenvalue weighted by Crippen LogP contribution is -1.91. The van der Waals surface area contributed by atoms with Crippen LogP contribution < -0.4 is 0 Å².